The monoisotopic (exact) mass is 259 g/mol. The molecule has 19 heavy (non-hydrogen) atoms. The summed E-state index contributed by atoms with van der Waals surface area (Å²) in [5, 5.41) is 2.79. The van der Waals surface area contributed by atoms with Gasteiger partial charge in [-0.2, -0.15) is 4.98 Å². The topological polar surface area (TPSA) is 67.0 Å². The Labute approximate surface area is 112 Å². The van der Waals surface area contributed by atoms with E-state index in [0.717, 1.165) is 5.69 Å². The second-order valence-electron chi connectivity index (χ2n) is 4.50. The molecule has 1 aromatic carbocycles. The molecule has 0 atom stereocenters. The quantitative estimate of drug-likeness (QED) is 0.887. The van der Waals surface area contributed by atoms with Gasteiger partial charge in [0.1, 0.15) is 0 Å². The van der Waals surface area contributed by atoms with Crippen LogP contribution < -0.4 is 10.1 Å². The van der Waals surface area contributed by atoms with E-state index in [4.69, 9.17) is 4.74 Å². The van der Waals surface area contributed by atoms with E-state index < -0.39 is 0 Å². The minimum Gasteiger partial charge on any atom is -0.462 e. The zero-order valence-electron chi connectivity index (χ0n) is 11.2. The van der Waals surface area contributed by atoms with Crippen LogP contribution in [0.4, 0.5) is 5.69 Å². The predicted octanol–water partition coefficient (Wildman–Crippen LogP) is 2.76. The van der Waals surface area contributed by atoms with Crippen molar-refractivity contribution in [3.8, 4) is 6.01 Å². The number of aromatic nitrogens is 2. The predicted molar refractivity (Wildman–Crippen MR) is 73.5 cm³/mol. The number of carbonyl (C=O) groups excluding carboxylic acids is 1. The van der Waals surface area contributed by atoms with Crippen LogP contribution in [0.1, 0.15) is 30.0 Å². The highest BCUT2D eigenvalue weighted by Gasteiger charge is 2.16. The fourth-order valence-electron chi connectivity index (χ4n) is 1.64. The maximum Gasteiger partial charge on any atom is 0.294 e. The first-order valence-electron chi connectivity index (χ1n) is 6.16. The molecule has 0 aliphatic heterocycles. The van der Waals surface area contributed by atoms with Crippen LogP contribution >= 0.6 is 0 Å². The maximum atomic E-state index is 12.1. The number of amides is 1. The van der Waals surface area contributed by atoms with Crippen LogP contribution in [0.2, 0.25) is 0 Å². The minimum absolute atomic E-state index is 0.00980. The number of para-hydroxylation sites is 1. The lowest BCUT2D eigenvalue weighted by Crippen LogP contribution is -2.13. The Morgan fingerprint density at radius 2 is 2.00 bits per heavy atom. The average Bonchev–Trinajstić information content (AvgIpc) is 2.70. The van der Waals surface area contributed by atoms with E-state index >= 15 is 0 Å². The van der Waals surface area contributed by atoms with Crippen LogP contribution in [-0.2, 0) is 0 Å². The van der Waals surface area contributed by atoms with Crippen molar-refractivity contribution in [3.05, 3.63) is 41.7 Å². The van der Waals surface area contributed by atoms with Crippen molar-refractivity contribution in [2.75, 3.05) is 5.32 Å². The Balaban J connectivity index is 2.13. The molecule has 2 aromatic rings. The lowest BCUT2D eigenvalue weighted by atomic mass is 10.3. The smallest absolute Gasteiger partial charge is 0.294 e. The van der Waals surface area contributed by atoms with Crippen molar-refractivity contribution in [1.29, 1.82) is 0 Å². The van der Waals surface area contributed by atoms with E-state index in [1.807, 2.05) is 44.2 Å². The number of hydrogen-bond acceptors (Lipinski definition) is 3. The molecule has 1 aromatic heterocycles. The first kappa shape index (κ1) is 13.1. The fourth-order valence-corrected chi connectivity index (χ4v) is 1.64. The van der Waals surface area contributed by atoms with E-state index in [1.165, 1.54) is 0 Å². The van der Waals surface area contributed by atoms with Gasteiger partial charge in [0.25, 0.3) is 11.9 Å². The van der Waals surface area contributed by atoms with Gasteiger partial charge >= 0.3 is 0 Å². The second-order valence-corrected chi connectivity index (χ2v) is 4.50. The molecule has 0 saturated heterocycles. The molecule has 0 radical (unpaired) electrons. The van der Waals surface area contributed by atoms with E-state index in [2.05, 4.69) is 15.3 Å². The molecule has 0 fully saturated rings. The number of H-pyrrole nitrogens is 1. The normalized spacial score (nSPS) is 10.5. The number of rotatable bonds is 4. The van der Waals surface area contributed by atoms with Gasteiger partial charge in [-0.05, 0) is 32.9 Å². The number of benzene rings is 1. The summed E-state index contributed by atoms with van der Waals surface area (Å²) < 4.78 is 5.43. The number of aromatic amines is 1. The third-order valence-electron chi connectivity index (χ3n) is 2.46. The van der Waals surface area contributed by atoms with Crippen LogP contribution in [0.25, 0.3) is 0 Å². The third-order valence-corrected chi connectivity index (χ3v) is 2.46. The number of imidazole rings is 1. The molecule has 1 heterocycles. The van der Waals surface area contributed by atoms with Gasteiger partial charge in [0, 0.05) is 11.4 Å². The molecule has 5 nitrogen and oxygen atoms in total. The number of nitrogens with zero attached hydrogens (tertiary/aromatic N) is 1. The molecule has 0 unspecified atom stereocenters. The molecule has 0 aliphatic carbocycles. The molecule has 0 spiro atoms. The lowest BCUT2D eigenvalue weighted by Gasteiger charge is -2.04. The summed E-state index contributed by atoms with van der Waals surface area (Å²) in [7, 11) is 0. The first-order valence-corrected chi connectivity index (χ1v) is 6.16. The van der Waals surface area contributed by atoms with E-state index in [0.29, 0.717) is 17.4 Å². The van der Waals surface area contributed by atoms with Gasteiger partial charge in [0.2, 0.25) is 0 Å². The summed E-state index contributed by atoms with van der Waals surface area (Å²) in [6, 6.07) is 9.63. The minimum atomic E-state index is -0.251. The molecule has 100 valence electrons. The van der Waals surface area contributed by atoms with Crippen molar-refractivity contribution in [1.82, 2.24) is 9.97 Å². The van der Waals surface area contributed by atoms with Crippen LogP contribution in [-0.4, -0.2) is 22.0 Å². The van der Waals surface area contributed by atoms with Crippen molar-refractivity contribution < 1.29 is 9.53 Å². The number of ether oxygens (including phenoxy) is 1. The number of nitrogens with one attached hydrogen (secondary N) is 2. The fraction of sp³-hybridized carbons (Fsp3) is 0.286. The first-order chi connectivity index (χ1) is 9.06. The number of anilines is 1. The molecular formula is C14H17N3O2. The Morgan fingerprint density at radius 3 is 2.63 bits per heavy atom. The van der Waals surface area contributed by atoms with E-state index in [1.54, 1.807) is 6.92 Å². The Bertz CT molecular complexity index is 561. The van der Waals surface area contributed by atoms with Gasteiger partial charge in [-0.3, -0.25) is 4.79 Å². The number of hydrogen-bond donors (Lipinski definition) is 2. The molecule has 2 rings (SSSR count). The number of carbonyl (C=O) groups is 1. The summed E-state index contributed by atoms with van der Waals surface area (Å²) in [6.45, 7) is 5.60. The largest absolute Gasteiger partial charge is 0.462 e. The zero-order chi connectivity index (χ0) is 13.8. The second kappa shape index (κ2) is 5.56. The van der Waals surface area contributed by atoms with Crippen molar-refractivity contribution >= 4 is 11.6 Å². The maximum absolute atomic E-state index is 12.1. The van der Waals surface area contributed by atoms with Gasteiger partial charge in [-0.1, -0.05) is 18.2 Å². The highest BCUT2D eigenvalue weighted by atomic mass is 16.5. The van der Waals surface area contributed by atoms with Gasteiger partial charge in [0.15, 0.2) is 5.69 Å². The summed E-state index contributed by atoms with van der Waals surface area (Å²) in [4.78, 5) is 19.2. The van der Waals surface area contributed by atoms with Gasteiger partial charge in [0.05, 0.1) is 6.10 Å². The summed E-state index contributed by atoms with van der Waals surface area (Å²) in [6.07, 6.45) is 0.00980. The van der Waals surface area contributed by atoms with Crippen LogP contribution in [0.3, 0.4) is 0 Å². The Morgan fingerprint density at radius 1 is 1.32 bits per heavy atom. The van der Waals surface area contributed by atoms with Crippen LogP contribution in [0, 0.1) is 6.92 Å². The van der Waals surface area contributed by atoms with Gasteiger partial charge in [-0.25, -0.2) is 0 Å². The number of aryl methyl sites for hydroxylation is 1. The Hall–Kier alpha value is -2.30. The summed E-state index contributed by atoms with van der Waals surface area (Å²) in [5.41, 5.74) is 1.77. The van der Waals surface area contributed by atoms with Gasteiger partial charge < -0.3 is 15.0 Å². The van der Waals surface area contributed by atoms with E-state index in [9.17, 15) is 4.79 Å². The molecule has 2 N–H and O–H groups in total. The Kier molecular flexibility index (Phi) is 3.85. The molecule has 1 amide bonds. The highest BCUT2D eigenvalue weighted by Crippen LogP contribution is 2.14. The summed E-state index contributed by atoms with van der Waals surface area (Å²) >= 11 is 0. The SMILES string of the molecule is Cc1[nH]c(OC(C)C)nc1C(=O)Nc1ccccc1. The molecule has 0 saturated carbocycles. The molecule has 5 heteroatoms. The van der Waals surface area contributed by atoms with Crippen molar-refractivity contribution in [3.63, 3.8) is 0 Å². The highest BCUT2D eigenvalue weighted by molar-refractivity contribution is 6.03. The van der Waals surface area contributed by atoms with Crippen LogP contribution in [0.15, 0.2) is 30.3 Å². The molecule has 0 bridgehead atoms. The van der Waals surface area contributed by atoms with Gasteiger partial charge in [-0.15, -0.1) is 0 Å². The zero-order valence-corrected chi connectivity index (χ0v) is 11.2. The lowest BCUT2D eigenvalue weighted by molar-refractivity contribution is 0.102. The molecular weight excluding hydrogens is 242 g/mol. The summed E-state index contributed by atoms with van der Waals surface area (Å²) in [5.74, 6) is -0.251. The van der Waals surface area contributed by atoms with E-state index in [-0.39, 0.29) is 12.0 Å². The average molecular weight is 259 g/mol. The standard InChI is InChI=1S/C14H17N3O2/c1-9(2)19-14-15-10(3)12(17-14)13(18)16-11-7-5-4-6-8-11/h4-9H,1-3H3,(H,15,17)(H,16,18). The third kappa shape index (κ3) is 3.34. The van der Waals surface area contributed by atoms with Crippen LogP contribution in [0.5, 0.6) is 6.01 Å². The molecule has 0 aliphatic rings. The van der Waals surface area contributed by atoms with Crippen molar-refractivity contribution in [2.24, 2.45) is 0 Å². The van der Waals surface area contributed by atoms with Crippen molar-refractivity contribution in [2.45, 2.75) is 26.9 Å².